The van der Waals surface area contributed by atoms with Crippen molar-refractivity contribution in [2.24, 2.45) is 0 Å². The van der Waals surface area contributed by atoms with Crippen LogP contribution >= 0.6 is 27.5 Å². The average Bonchev–Trinajstić information content (AvgIpc) is 2.64. The first-order valence-electron chi connectivity index (χ1n) is 8.60. The van der Waals surface area contributed by atoms with Crippen LogP contribution in [0.4, 0.5) is 0 Å². The van der Waals surface area contributed by atoms with Crippen LogP contribution in [0.15, 0.2) is 53.0 Å². The van der Waals surface area contributed by atoms with Gasteiger partial charge in [0.2, 0.25) is 5.91 Å². The molecule has 0 radical (unpaired) electrons. The normalized spacial score (nSPS) is 14.9. The molecule has 1 N–H and O–H groups in total. The van der Waals surface area contributed by atoms with Crippen LogP contribution in [0.2, 0.25) is 5.02 Å². The summed E-state index contributed by atoms with van der Waals surface area (Å²) < 4.78 is 0.809. The van der Waals surface area contributed by atoms with Crippen molar-refractivity contribution >= 4 is 39.3 Å². The van der Waals surface area contributed by atoms with E-state index in [1.54, 1.807) is 12.1 Å². The molecule has 26 heavy (non-hydrogen) atoms. The van der Waals surface area contributed by atoms with Crippen LogP contribution in [0.1, 0.15) is 28.8 Å². The number of hydrogen-bond donors (Lipinski definition) is 1. The number of carbonyl (C=O) groups is 2. The molecule has 2 amide bonds. The number of piperidine rings is 1. The summed E-state index contributed by atoms with van der Waals surface area (Å²) in [5.41, 5.74) is 1.62. The number of hydrogen-bond acceptors (Lipinski definition) is 2. The number of likely N-dealkylation sites (tertiary alicyclic amines) is 1. The zero-order valence-corrected chi connectivity index (χ0v) is 16.6. The molecule has 1 saturated heterocycles. The molecule has 3 rings (SSSR count). The van der Waals surface area contributed by atoms with E-state index in [4.69, 9.17) is 11.6 Å². The number of rotatable bonds is 4. The third-order valence-corrected chi connectivity index (χ3v) is 5.47. The fraction of sp³-hybridized carbons (Fsp3) is 0.300. The van der Waals surface area contributed by atoms with Crippen molar-refractivity contribution in [2.75, 3.05) is 13.1 Å². The lowest BCUT2D eigenvalue weighted by Gasteiger charge is -2.32. The fourth-order valence-electron chi connectivity index (χ4n) is 3.10. The third-order valence-electron chi connectivity index (χ3n) is 4.53. The van der Waals surface area contributed by atoms with Gasteiger partial charge in [-0.2, -0.15) is 0 Å². The van der Waals surface area contributed by atoms with Crippen LogP contribution < -0.4 is 5.32 Å². The number of halogens is 2. The second-order valence-electron chi connectivity index (χ2n) is 6.42. The lowest BCUT2D eigenvalue weighted by atomic mass is 10.0. The molecule has 1 heterocycles. The average molecular weight is 436 g/mol. The molecule has 4 nitrogen and oxygen atoms in total. The first kappa shape index (κ1) is 18.9. The Morgan fingerprint density at radius 3 is 2.38 bits per heavy atom. The Morgan fingerprint density at radius 2 is 1.73 bits per heavy atom. The molecule has 0 bridgehead atoms. The van der Waals surface area contributed by atoms with E-state index in [-0.39, 0.29) is 17.9 Å². The molecule has 136 valence electrons. The standard InChI is InChI=1S/C20H20BrClN2O2/c21-18-4-2-1-3-17(18)20(26)24-11-9-16(10-12-24)23-19(25)13-14-5-7-15(22)8-6-14/h1-8,16H,9-13H2,(H,23,25). The van der Waals surface area contributed by atoms with Crippen molar-refractivity contribution < 1.29 is 9.59 Å². The molecule has 2 aromatic carbocycles. The van der Waals surface area contributed by atoms with Gasteiger partial charge in [0.25, 0.3) is 5.91 Å². The highest BCUT2D eigenvalue weighted by Gasteiger charge is 2.25. The molecule has 0 unspecified atom stereocenters. The largest absolute Gasteiger partial charge is 0.353 e. The van der Waals surface area contributed by atoms with Crippen molar-refractivity contribution in [1.82, 2.24) is 10.2 Å². The third kappa shape index (κ3) is 4.86. The van der Waals surface area contributed by atoms with Crippen LogP contribution in [0, 0.1) is 0 Å². The molecule has 1 aliphatic rings. The highest BCUT2D eigenvalue weighted by atomic mass is 79.9. The number of carbonyl (C=O) groups excluding carboxylic acids is 2. The first-order chi connectivity index (χ1) is 12.5. The van der Waals surface area contributed by atoms with E-state index in [0.29, 0.717) is 30.1 Å². The van der Waals surface area contributed by atoms with Crippen molar-refractivity contribution in [1.29, 1.82) is 0 Å². The van der Waals surface area contributed by atoms with E-state index in [2.05, 4.69) is 21.2 Å². The summed E-state index contributed by atoms with van der Waals surface area (Å²) in [4.78, 5) is 26.7. The minimum Gasteiger partial charge on any atom is -0.353 e. The molecule has 2 aromatic rings. The van der Waals surface area contributed by atoms with Gasteiger partial charge < -0.3 is 10.2 Å². The highest BCUT2D eigenvalue weighted by Crippen LogP contribution is 2.20. The van der Waals surface area contributed by atoms with Gasteiger partial charge in [0.15, 0.2) is 0 Å². The van der Waals surface area contributed by atoms with E-state index in [1.165, 1.54) is 0 Å². The van der Waals surface area contributed by atoms with Gasteiger partial charge in [-0.15, -0.1) is 0 Å². The first-order valence-corrected chi connectivity index (χ1v) is 9.77. The maximum absolute atomic E-state index is 12.6. The quantitative estimate of drug-likeness (QED) is 0.787. The van der Waals surface area contributed by atoms with Crippen molar-refractivity contribution in [3.8, 4) is 0 Å². The summed E-state index contributed by atoms with van der Waals surface area (Å²) in [6.45, 7) is 1.29. The van der Waals surface area contributed by atoms with Gasteiger partial charge in [0.05, 0.1) is 12.0 Å². The number of benzene rings is 2. The topological polar surface area (TPSA) is 49.4 Å². The predicted octanol–water partition coefficient (Wildman–Crippen LogP) is 4.07. The second-order valence-corrected chi connectivity index (χ2v) is 7.71. The Kier molecular flexibility index (Phi) is 6.33. The minimum atomic E-state index is 0.00269. The zero-order chi connectivity index (χ0) is 18.5. The van der Waals surface area contributed by atoms with Gasteiger partial charge in [-0.25, -0.2) is 0 Å². The van der Waals surface area contributed by atoms with Crippen LogP contribution in [-0.2, 0) is 11.2 Å². The van der Waals surface area contributed by atoms with Crippen molar-refractivity contribution in [3.05, 3.63) is 69.2 Å². The Morgan fingerprint density at radius 1 is 1.08 bits per heavy atom. The molecule has 0 spiro atoms. The van der Waals surface area contributed by atoms with Gasteiger partial charge in [0.1, 0.15) is 0 Å². The Bertz CT molecular complexity index is 787. The molecule has 1 fully saturated rings. The van der Waals surface area contributed by atoms with Gasteiger partial charge >= 0.3 is 0 Å². The second kappa shape index (κ2) is 8.69. The summed E-state index contributed by atoms with van der Waals surface area (Å²) in [6.07, 6.45) is 1.87. The van der Waals surface area contributed by atoms with Gasteiger partial charge in [0, 0.05) is 28.6 Å². The predicted molar refractivity (Wildman–Crippen MR) is 106 cm³/mol. The van der Waals surface area contributed by atoms with E-state index < -0.39 is 0 Å². The number of nitrogens with zero attached hydrogens (tertiary/aromatic N) is 1. The van der Waals surface area contributed by atoms with Crippen LogP contribution in [0.5, 0.6) is 0 Å². The van der Waals surface area contributed by atoms with Crippen LogP contribution in [-0.4, -0.2) is 35.8 Å². The molecular weight excluding hydrogens is 416 g/mol. The van der Waals surface area contributed by atoms with Crippen molar-refractivity contribution in [2.45, 2.75) is 25.3 Å². The fourth-order valence-corrected chi connectivity index (χ4v) is 3.68. The van der Waals surface area contributed by atoms with Crippen LogP contribution in [0.3, 0.4) is 0 Å². The highest BCUT2D eigenvalue weighted by molar-refractivity contribution is 9.10. The molecule has 0 saturated carbocycles. The van der Waals surface area contributed by atoms with E-state index in [9.17, 15) is 9.59 Å². The van der Waals surface area contributed by atoms with E-state index in [1.807, 2.05) is 41.3 Å². The van der Waals surface area contributed by atoms with E-state index in [0.717, 1.165) is 22.9 Å². The van der Waals surface area contributed by atoms with Gasteiger partial charge in [-0.05, 0) is 58.6 Å². The van der Waals surface area contributed by atoms with Gasteiger partial charge in [-0.3, -0.25) is 9.59 Å². The summed E-state index contributed by atoms with van der Waals surface area (Å²) >= 11 is 9.29. The van der Waals surface area contributed by atoms with Crippen LogP contribution in [0.25, 0.3) is 0 Å². The number of nitrogens with one attached hydrogen (secondary N) is 1. The molecule has 0 atom stereocenters. The summed E-state index contributed by atoms with van der Waals surface area (Å²) in [5, 5.41) is 3.74. The lowest BCUT2D eigenvalue weighted by Crippen LogP contribution is -2.47. The molecule has 1 aliphatic heterocycles. The lowest BCUT2D eigenvalue weighted by molar-refractivity contribution is -0.121. The smallest absolute Gasteiger partial charge is 0.254 e. The molecule has 0 aliphatic carbocycles. The molecule has 6 heteroatoms. The maximum Gasteiger partial charge on any atom is 0.254 e. The van der Waals surface area contributed by atoms with E-state index >= 15 is 0 Å². The summed E-state index contributed by atoms with van der Waals surface area (Å²) in [7, 11) is 0. The molecule has 0 aromatic heterocycles. The van der Waals surface area contributed by atoms with Crippen molar-refractivity contribution in [3.63, 3.8) is 0 Å². The monoisotopic (exact) mass is 434 g/mol. The Balaban J connectivity index is 1.49. The summed E-state index contributed by atoms with van der Waals surface area (Å²) in [5.74, 6) is 0.0336. The van der Waals surface area contributed by atoms with Gasteiger partial charge in [-0.1, -0.05) is 35.9 Å². The maximum atomic E-state index is 12.6. The number of amides is 2. The summed E-state index contributed by atoms with van der Waals surface area (Å²) in [6, 6.07) is 14.9. The minimum absolute atomic E-state index is 0.00269. The molecular formula is C20H20BrClN2O2. The Labute approximate surface area is 166 Å². The zero-order valence-electron chi connectivity index (χ0n) is 14.3. The SMILES string of the molecule is O=C(Cc1ccc(Cl)cc1)NC1CCN(C(=O)c2ccccc2Br)CC1. The Hall–Kier alpha value is -1.85.